The number of fused-ring (bicyclic) bond motifs is 1. The molecule has 0 spiro atoms. The van der Waals surface area contributed by atoms with E-state index >= 15 is 0 Å². The number of alkyl carbamates (subject to hydrolysis) is 1. The molecule has 0 radical (unpaired) electrons. The van der Waals surface area contributed by atoms with Gasteiger partial charge in [-0.2, -0.15) is 0 Å². The summed E-state index contributed by atoms with van der Waals surface area (Å²) in [6.45, 7) is 3.75. The molecule has 40 heavy (non-hydrogen) atoms. The molecule has 1 atom stereocenters. The number of carbonyl (C=O) groups is 3. The maximum Gasteiger partial charge on any atom is 0.407 e. The van der Waals surface area contributed by atoms with Gasteiger partial charge in [-0.25, -0.2) is 14.2 Å². The molecule has 1 unspecified atom stereocenters. The average molecular weight is 554 g/mol. The van der Waals surface area contributed by atoms with Crippen molar-refractivity contribution in [1.29, 1.82) is 0 Å². The van der Waals surface area contributed by atoms with Crippen LogP contribution >= 0.6 is 0 Å². The largest absolute Gasteiger partial charge is 0.453 e. The fraction of sp³-hybridized carbons (Fsp3) is 0.333. The Morgan fingerprint density at radius 1 is 1.27 bits per heavy atom. The Labute approximate surface area is 229 Å². The van der Waals surface area contributed by atoms with E-state index in [1.54, 1.807) is 32.3 Å². The van der Waals surface area contributed by atoms with Crippen molar-refractivity contribution in [2.75, 3.05) is 26.5 Å². The Hall–Kier alpha value is -4.81. The summed E-state index contributed by atoms with van der Waals surface area (Å²) in [5, 5.41) is 4.99. The molecule has 0 saturated heterocycles. The van der Waals surface area contributed by atoms with Crippen molar-refractivity contribution in [2.45, 2.75) is 39.3 Å². The van der Waals surface area contributed by atoms with Crippen molar-refractivity contribution in [1.82, 2.24) is 29.7 Å². The summed E-state index contributed by atoms with van der Waals surface area (Å²) in [5.41, 5.74) is 1.44. The lowest BCUT2D eigenvalue weighted by Gasteiger charge is -2.17. The smallest absolute Gasteiger partial charge is 0.407 e. The number of nitrogens with one attached hydrogen (secondary N) is 3. The minimum Gasteiger partial charge on any atom is -0.453 e. The third kappa shape index (κ3) is 7.62. The Balaban J connectivity index is 1.80. The molecule has 3 heterocycles. The second-order valence-corrected chi connectivity index (χ2v) is 9.37. The van der Waals surface area contributed by atoms with Crippen LogP contribution in [0.5, 0.6) is 0 Å². The number of carbonyl (C=O) groups excluding carboxylic acids is 3. The molecule has 212 valence electrons. The Bertz CT molecular complexity index is 1520. The maximum absolute atomic E-state index is 14.4. The van der Waals surface area contributed by atoms with Gasteiger partial charge < -0.3 is 29.8 Å². The van der Waals surface area contributed by atoms with Gasteiger partial charge in [0.05, 0.1) is 31.1 Å². The second kappa shape index (κ2) is 13.3. The van der Waals surface area contributed by atoms with Crippen LogP contribution in [0.3, 0.4) is 0 Å². The number of halogens is 1. The van der Waals surface area contributed by atoms with Gasteiger partial charge in [-0.15, -0.1) is 0 Å². The van der Waals surface area contributed by atoms with Crippen LogP contribution < -0.4 is 16.2 Å². The van der Waals surface area contributed by atoms with Gasteiger partial charge in [0.25, 0.3) is 5.56 Å². The normalized spacial score (nSPS) is 11.8. The number of pyridine rings is 2. The molecule has 3 aromatic rings. The first-order valence-electron chi connectivity index (χ1n) is 12.4. The van der Waals surface area contributed by atoms with Crippen molar-refractivity contribution in [3.63, 3.8) is 0 Å². The van der Waals surface area contributed by atoms with E-state index in [-0.39, 0.29) is 30.1 Å². The number of ether oxygens (including phenoxy) is 1. The third-order valence-electron chi connectivity index (χ3n) is 5.69. The van der Waals surface area contributed by atoms with Crippen LogP contribution in [0.1, 0.15) is 38.2 Å². The van der Waals surface area contributed by atoms with E-state index < -0.39 is 29.4 Å². The highest BCUT2D eigenvalue weighted by Crippen LogP contribution is 2.20. The lowest BCUT2D eigenvalue weighted by atomic mass is 10.1. The zero-order chi connectivity index (χ0) is 29.4. The van der Waals surface area contributed by atoms with Gasteiger partial charge in [0.15, 0.2) is 5.82 Å². The number of likely N-dealkylation sites (N-methyl/N-ethyl adjacent to an activating group) is 1. The fourth-order valence-corrected chi connectivity index (χ4v) is 3.69. The lowest BCUT2D eigenvalue weighted by Crippen LogP contribution is -2.44. The fourth-order valence-electron chi connectivity index (χ4n) is 3.69. The summed E-state index contributed by atoms with van der Waals surface area (Å²) in [7, 11) is 4.39. The lowest BCUT2D eigenvalue weighted by molar-refractivity contribution is -0.123. The predicted octanol–water partition coefficient (Wildman–Crippen LogP) is 2.82. The summed E-state index contributed by atoms with van der Waals surface area (Å²) in [6.07, 6.45) is 6.97. The summed E-state index contributed by atoms with van der Waals surface area (Å²) < 4.78 is 20.3. The quantitative estimate of drug-likeness (QED) is 0.327. The topological polar surface area (TPSA) is 151 Å². The highest BCUT2D eigenvalue weighted by atomic mass is 19.1. The summed E-state index contributed by atoms with van der Waals surface area (Å²) >= 11 is 0. The Kier molecular flexibility index (Phi) is 9.90. The van der Waals surface area contributed by atoms with E-state index in [0.29, 0.717) is 23.5 Å². The number of aromatic amines is 1. The number of H-pyrrole nitrogens is 1. The minimum atomic E-state index is -1.04. The molecule has 0 fully saturated rings. The van der Waals surface area contributed by atoms with E-state index in [0.717, 1.165) is 11.8 Å². The van der Waals surface area contributed by atoms with Crippen LogP contribution in [0.2, 0.25) is 0 Å². The van der Waals surface area contributed by atoms with Crippen LogP contribution in [-0.2, 0) is 20.9 Å². The van der Waals surface area contributed by atoms with Gasteiger partial charge in [0.1, 0.15) is 23.1 Å². The molecule has 3 amide bonds. The Morgan fingerprint density at radius 2 is 2.02 bits per heavy atom. The number of nitrogens with zero attached hydrogens (tertiary/aromatic N) is 4. The van der Waals surface area contributed by atoms with Crippen molar-refractivity contribution in [3.8, 4) is 0 Å². The molecule has 13 heteroatoms. The zero-order valence-corrected chi connectivity index (χ0v) is 22.9. The second-order valence-electron chi connectivity index (χ2n) is 9.37. The van der Waals surface area contributed by atoms with Gasteiger partial charge in [-0.1, -0.05) is 11.6 Å². The number of methoxy groups -OCH3 is 1. The van der Waals surface area contributed by atoms with Gasteiger partial charge >= 0.3 is 6.09 Å². The molecule has 0 saturated carbocycles. The molecule has 0 aliphatic heterocycles. The number of allylic oxidation sites excluding steroid dienone is 2. The van der Waals surface area contributed by atoms with Crippen molar-refractivity contribution in [2.24, 2.45) is 0 Å². The van der Waals surface area contributed by atoms with Crippen LogP contribution in [0, 0.1) is 5.82 Å². The van der Waals surface area contributed by atoms with Crippen LogP contribution in [0.15, 0.2) is 47.0 Å². The number of hydrogen-bond acceptors (Lipinski definition) is 7. The molecule has 3 N–H and O–H groups in total. The minimum absolute atomic E-state index is 0.0283. The molecule has 0 aliphatic rings. The van der Waals surface area contributed by atoms with Gasteiger partial charge in [-0.05, 0) is 51.0 Å². The van der Waals surface area contributed by atoms with E-state index in [1.165, 1.54) is 34.9 Å². The van der Waals surface area contributed by atoms with Crippen LogP contribution in [-0.4, -0.2) is 69.6 Å². The highest BCUT2D eigenvalue weighted by molar-refractivity contribution is 5.96. The summed E-state index contributed by atoms with van der Waals surface area (Å²) in [4.78, 5) is 62.5. The summed E-state index contributed by atoms with van der Waals surface area (Å²) in [6, 6.07) is 1.95. The molecule has 0 aromatic carbocycles. The van der Waals surface area contributed by atoms with Gasteiger partial charge in [0.2, 0.25) is 11.8 Å². The van der Waals surface area contributed by atoms with Crippen molar-refractivity contribution >= 4 is 40.7 Å². The van der Waals surface area contributed by atoms with Gasteiger partial charge in [-0.3, -0.25) is 19.4 Å². The van der Waals surface area contributed by atoms with E-state index in [4.69, 9.17) is 0 Å². The third-order valence-corrected chi connectivity index (χ3v) is 5.69. The number of aromatic nitrogens is 4. The molecule has 0 aliphatic carbocycles. The van der Waals surface area contributed by atoms with Crippen LogP contribution in [0.25, 0.3) is 17.1 Å². The van der Waals surface area contributed by atoms with Crippen molar-refractivity contribution in [3.05, 3.63) is 69.9 Å². The van der Waals surface area contributed by atoms with Crippen molar-refractivity contribution < 1.29 is 23.5 Å². The number of rotatable bonds is 10. The first-order chi connectivity index (χ1) is 19.0. The standard InChI is InChI=1S/C27H32FN7O5/c1-16(2)13-20-24-23(17(28)14-29-20)32-21(33-24)15-35-12-8-10-19(26(35)38)30-25(37)18(31-27(39)40-5)9-6-7-11-22(36)34(3)4/h7-8,10-14,18H,6,9,15H2,1-5H3,(H,30,37)(H,31,39)(H,32,33)/b11-7+. The first kappa shape index (κ1) is 29.7. The highest BCUT2D eigenvalue weighted by Gasteiger charge is 2.22. The monoisotopic (exact) mass is 553 g/mol. The molecule has 0 bridgehead atoms. The van der Waals surface area contributed by atoms with Gasteiger partial charge in [0, 0.05) is 20.3 Å². The van der Waals surface area contributed by atoms with E-state index in [9.17, 15) is 23.6 Å². The Morgan fingerprint density at radius 3 is 2.70 bits per heavy atom. The van der Waals surface area contributed by atoms with E-state index in [2.05, 4.69) is 30.3 Å². The number of amides is 3. The maximum atomic E-state index is 14.4. The van der Waals surface area contributed by atoms with Crippen LogP contribution in [0.4, 0.5) is 14.9 Å². The van der Waals surface area contributed by atoms with E-state index in [1.807, 2.05) is 13.8 Å². The first-order valence-corrected chi connectivity index (χ1v) is 12.4. The summed E-state index contributed by atoms with van der Waals surface area (Å²) in [5.74, 6) is -1.14. The predicted molar refractivity (Wildman–Crippen MR) is 148 cm³/mol. The number of anilines is 1. The number of hydrogen-bond donors (Lipinski definition) is 3. The molecule has 3 aromatic heterocycles. The average Bonchev–Trinajstić information content (AvgIpc) is 3.34. The molecule has 12 nitrogen and oxygen atoms in total. The molecular formula is C27H32FN7O5. The number of imidazole rings is 1. The molecule has 3 rings (SSSR count). The zero-order valence-electron chi connectivity index (χ0n) is 22.9. The SMILES string of the molecule is COC(=O)NC(CC/C=C/C(=O)N(C)C)C(=O)Nc1cccn(Cc2nc3c(F)cnc(C=C(C)C)c3[nH]2)c1=O. The molecular weight excluding hydrogens is 521 g/mol.